The van der Waals surface area contributed by atoms with E-state index in [1.54, 1.807) is 17.8 Å². The maximum absolute atomic E-state index is 11.8. The third kappa shape index (κ3) is 5.29. The quantitative estimate of drug-likeness (QED) is 0.845. The van der Waals surface area contributed by atoms with E-state index in [0.717, 1.165) is 17.7 Å². The number of benzene rings is 1. The SMILES string of the molecule is Cc1cc(Cl)ccc1NC(=O)CSC(C)CCN. The minimum atomic E-state index is 0.00861. The minimum Gasteiger partial charge on any atom is -0.330 e. The molecule has 1 aromatic rings. The number of hydrogen-bond donors (Lipinski definition) is 2. The molecule has 0 spiro atoms. The van der Waals surface area contributed by atoms with E-state index in [9.17, 15) is 4.79 Å². The fourth-order valence-electron chi connectivity index (χ4n) is 1.49. The van der Waals surface area contributed by atoms with Crippen LogP contribution < -0.4 is 11.1 Å². The second-order valence-corrected chi connectivity index (χ2v) is 6.07. The van der Waals surface area contributed by atoms with Crippen LogP contribution in [-0.4, -0.2) is 23.5 Å². The summed E-state index contributed by atoms with van der Waals surface area (Å²) < 4.78 is 0. The molecular formula is C13H19ClN2OS. The van der Waals surface area contributed by atoms with Crippen LogP contribution in [0.2, 0.25) is 5.02 Å². The first kappa shape index (κ1) is 15.3. The number of carbonyl (C=O) groups is 1. The first-order chi connectivity index (χ1) is 8.52. The largest absolute Gasteiger partial charge is 0.330 e. The highest BCUT2D eigenvalue weighted by molar-refractivity contribution is 8.00. The maximum atomic E-state index is 11.8. The molecule has 0 aliphatic rings. The van der Waals surface area contributed by atoms with Gasteiger partial charge < -0.3 is 11.1 Å². The molecule has 0 aliphatic heterocycles. The number of thioether (sulfide) groups is 1. The van der Waals surface area contributed by atoms with Crippen LogP contribution in [0.15, 0.2) is 18.2 Å². The number of amides is 1. The minimum absolute atomic E-state index is 0.00861. The standard InChI is InChI=1S/C13H19ClN2OS/c1-9-7-11(14)3-4-12(9)16-13(17)8-18-10(2)5-6-15/h3-4,7,10H,5-6,8,15H2,1-2H3,(H,16,17). The Bertz CT molecular complexity index is 412. The Morgan fingerprint density at radius 1 is 1.56 bits per heavy atom. The first-order valence-electron chi connectivity index (χ1n) is 5.90. The normalized spacial score (nSPS) is 12.2. The monoisotopic (exact) mass is 286 g/mol. The van der Waals surface area contributed by atoms with Gasteiger partial charge in [0.25, 0.3) is 0 Å². The van der Waals surface area contributed by atoms with Gasteiger partial charge in [0.1, 0.15) is 0 Å². The third-order valence-electron chi connectivity index (χ3n) is 2.53. The van der Waals surface area contributed by atoms with E-state index >= 15 is 0 Å². The van der Waals surface area contributed by atoms with Gasteiger partial charge in [-0.25, -0.2) is 0 Å². The number of aryl methyl sites for hydroxylation is 1. The van der Waals surface area contributed by atoms with Crippen molar-refractivity contribution in [2.75, 3.05) is 17.6 Å². The van der Waals surface area contributed by atoms with Crippen molar-refractivity contribution in [2.24, 2.45) is 5.73 Å². The predicted octanol–water partition coefficient (Wildman–Crippen LogP) is 3.06. The zero-order valence-corrected chi connectivity index (χ0v) is 12.3. The van der Waals surface area contributed by atoms with Crippen LogP contribution in [0.1, 0.15) is 18.9 Å². The lowest BCUT2D eigenvalue weighted by Crippen LogP contribution is -2.17. The lowest BCUT2D eigenvalue weighted by atomic mass is 10.2. The van der Waals surface area contributed by atoms with Gasteiger partial charge in [-0.2, -0.15) is 0 Å². The van der Waals surface area contributed by atoms with Gasteiger partial charge in [0.2, 0.25) is 5.91 Å². The molecule has 0 aromatic heterocycles. The number of halogens is 1. The van der Waals surface area contributed by atoms with Gasteiger partial charge in [-0.1, -0.05) is 18.5 Å². The molecule has 5 heteroatoms. The summed E-state index contributed by atoms with van der Waals surface area (Å²) in [6.45, 7) is 4.66. The number of nitrogens with two attached hydrogens (primary N) is 1. The Hall–Kier alpha value is -0.710. The molecule has 1 rings (SSSR count). The van der Waals surface area contributed by atoms with Gasteiger partial charge in [0.05, 0.1) is 5.75 Å². The lowest BCUT2D eigenvalue weighted by molar-refractivity contribution is -0.113. The van der Waals surface area contributed by atoms with Gasteiger partial charge in [-0.15, -0.1) is 11.8 Å². The van der Waals surface area contributed by atoms with Gasteiger partial charge in [0.15, 0.2) is 0 Å². The fraction of sp³-hybridized carbons (Fsp3) is 0.462. The summed E-state index contributed by atoms with van der Waals surface area (Å²) in [5, 5.41) is 3.97. The van der Waals surface area contributed by atoms with Gasteiger partial charge in [-0.3, -0.25) is 4.79 Å². The lowest BCUT2D eigenvalue weighted by Gasteiger charge is -2.11. The van der Waals surface area contributed by atoms with Gasteiger partial charge in [0, 0.05) is 16.0 Å². The molecule has 100 valence electrons. The van der Waals surface area contributed by atoms with E-state index in [2.05, 4.69) is 12.2 Å². The van der Waals surface area contributed by atoms with Crippen LogP contribution in [0.4, 0.5) is 5.69 Å². The molecule has 0 saturated heterocycles. The van der Waals surface area contributed by atoms with Crippen molar-refractivity contribution in [3.05, 3.63) is 28.8 Å². The van der Waals surface area contributed by atoms with E-state index in [4.69, 9.17) is 17.3 Å². The van der Waals surface area contributed by atoms with Crippen LogP contribution in [0.5, 0.6) is 0 Å². The smallest absolute Gasteiger partial charge is 0.234 e. The maximum Gasteiger partial charge on any atom is 0.234 e. The Morgan fingerprint density at radius 2 is 2.28 bits per heavy atom. The Kier molecular flexibility index (Phi) is 6.54. The van der Waals surface area contributed by atoms with Crippen molar-refractivity contribution >= 4 is 35.0 Å². The number of rotatable bonds is 6. The van der Waals surface area contributed by atoms with Crippen molar-refractivity contribution in [1.29, 1.82) is 0 Å². The van der Waals surface area contributed by atoms with E-state index in [-0.39, 0.29) is 5.91 Å². The zero-order chi connectivity index (χ0) is 13.5. The van der Waals surface area contributed by atoms with Crippen LogP contribution in [0.3, 0.4) is 0 Å². The summed E-state index contributed by atoms with van der Waals surface area (Å²) in [6.07, 6.45) is 0.928. The van der Waals surface area contributed by atoms with Gasteiger partial charge >= 0.3 is 0 Å². The Morgan fingerprint density at radius 3 is 2.89 bits per heavy atom. The molecule has 1 atom stereocenters. The van der Waals surface area contributed by atoms with Crippen LogP contribution >= 0.6 is 23.4 Å². The highest BCUT2D eigenvalue weighted by Crippen LogP contribution is 2.20. The highest BCUT2D eigenvalue weighted by atomic mass is 35.5. The summed E-state index contributed by atoms with van der Waals surface area (Å²) >= 11 is 7.48. The first-order valence-corrected chi connectivity index (χ1v) is 7.33. The molecule has 1 aromatic carbocycles. The van der Waals surface area contributed by atoms with Crippen LogP contribution in [0, 0.1) is 6.92 Å². The fourth-order valence-corrected chi connectivity index (χ4v) is 2.53. The second-order valence-electron chi connectivity index (χ2n) is 4.21. The summed E-state index contributed by atoms with van der Waals surface area (Å²) in [7, 11) is 0. The van der Waals surface area contributed by atoms with Crippen LogP contribution in [-0.2, 0) is 4.79 Å². The number of nitrogens with one attached hydrogen (secondary N) is 1. The summed E-state index contributed by atoms with van der Waals surface area (Å²) in [6, 6.07) is 5.43. The molecular weight excluding hydrogens is 268 g/mol. The topological polar surface area (TPSA) is 55.1 Å². The third-order valence-corrected chi connectivity index (χ3v) is 4.00. The van der Waals surface area contributed by atoms with Gasteiger partial charge in [-0.05, 0) is 43.7 Å². The van der Waals surface area contributed by atoms with Crippen molar-refractivity contribution in [1.82, 2.24) is 0 Å². The van der Waals surface area contributed by atoms with Crippen molar-refractivity contribution in [2.45, 2.75) is 25.5 Å². The molecule has 0 aliphatic carbocycles. The average molecular weight is 287 g/mol. The molecule has 0 bridgehead atoms. The predicted molar refractivity (Wildman–Crippen MR) is 80.4 cm³/mol. The van der Waals surface area contributed by atoms with E-state index < -0.39 is 0 Å². The number of anilines is 1. The number of carbonyl (C=O) groups excluding carboxylic acids is 1. The zero-order valence-electron chi connectivity index (χ0n) is 10.7. The molecule has 3 N–H and O–H groups in total. The van der Waals surface area contributed by atoms with E-state index in [1.807, 2.05) is 19.1 Å². The van der Waals surface area contributed by atoms with Crippen LogP contribution in [0.25, 0.3) is 0 Å². The Labute approximate surface area is 117 Å². The average Bonchev–Trinajstić information content (AvgIpc) is 2.31. The molecule has 3 nitrogen and oxygen atoms in total. The second kappa shape index (κ2) is 7.67. The molecule has 18 heavy (non-hydrogen) atoms. The Balaban J connectivity index is 2.44. The molecule has 0 fully saturated rings. The molecule has 0 saturated carbocycles. The molecule has 1 unspecified atom stereocenters. The summed E-state index contributed by atoms with van der Waals surface area (Å²) in [5.74, 6) is 0.456. The molecule has 0 radical (unpaired) electrons. The molecule has 0 heterocycles. The van der Waals surface area contributed by atoms with Crippen molar-refractivity contribution < 1.29 is 4.79 Å². The van der Waals surface area contributed by atoms with Crippen molar-refractivity contribution in [3.63, 3.8) is 0 Å². The summed E-state index contributed by atoms with van der Waals surface area (Å²) in [4.78, 5) is 11.8. The van der Waals surface area contributed by atoms with E-state index in [0.29, 0.717) is 22.6 Å². The molecule has 1 amide bonds. The van der Waals surface area contributed by atoms with Crippen molar-refractivity contribution in [3.8, 4) is 0 Å². The summed E-state index contributed by atoms with van der Waals surface area (Å²) in [5.41, 5.74) is 7.25. The number of hydrogen-bond acceptors (Lipinski definition) is 3. The highest BCUT2D eigenvalue weighted by Gasteiger charge is 2.08. The van der Waals surface area contributed by atoms with E-state index in [1.165, 1.54) is 0 Å².